The quantitative estimate of drug-likeness (QED) is 0.841. The molecule has 106 valence electrons. The third kappa shape index (κ3) is 3.18. The van der Waals surface area contributed by atoms with Crippen molar-refractivity contribution >= 4 is 11.8 Å². The summed E-state index contributed by atoms with van der Waals surface area (Å²) in [4.78, 5) is 23.6. The first-order valence-corrected chi connectivity index (χ1v) is 6.65. The predicted molar refractivity (Wildman–Crippen MR) is 70.1 cm³/mol. The SMILES string of the molecule is N#CC1(C(=O)NCC(=O)NCc2ccco2)CCCC1. The van der Waals surface area contributed by atoms with Crippen molar-refractivity contribution in [2.24, 2.45) is 5.41 Å². The zero-order chi connectivity index (χ0) is 14.4. The first-order chi connectivity index (χ1) is 9.66. The van der Waals surface area contributed by atoms with Crippen LogP contribution in [0.25, 0.3) is 0 Å². The third-order valence-corrected chi connectivity index (χ3v) is 3.56. The van der Waals surface area contributed by atoms with Gasteiger partial charge in [0.25, 0.3) is 0 Å². The molecule has 0 saturated heterocycles. The van der Waals surface area contributed by atoms with E-state index in [4.69, 9.17) is 9.68 Å². The van der Waals surface area contributed by atoms with Crippen LogP contribution in [0.1, 0.15) is 31.4 Å². The summed E-state index contributed by atoms with van der Waals surface area (Å²) in [6, 6.07) is 5.58. The number of hydrogen-bond donors (Lipinski definition) is 2. The molecule has 2 rings (SSSR count). The Labute approximate surface area is 117 Å². The lowest BCUT2D eigenvalue weighted by Crippen LogP contribution is -2.43. The highest BCUT2D eigenvalue weighted by Gasteiger charge is 2.41. The van der Waals surface area contributed by atoms with Crippen LogP contribution < -0.4 is 10.6 Å². The van der Waals surface area contributed by atoms with Crippen LogP contribution in [0.5, 0.6) is 0 Å². The number of furan rings is 1. The van der Waals surface area contributed by atoms with Gasteiger partial charge in [0, 0.05) is 0 Å². The van der Waals surface area contributed by atoms with Crippen molar-refractivity contribution in [3.05, 3.63) is 24.2 Å². The molecule has 2 N–H and O–H groups in total. The maximum atomic E-state index is 12.0. The van der Waals surface area contributed by atoms with Crippen molar-refractivity contribution in [3.8, 4) is 6.07 Å². The number of rotatable bonds is 5. The Morgan fingerprint density at radius 1 is 1.35 bits per heavy atom. The fourth-order valence-electron chi connectivity index (χ4n) is 2.36. The minimum absolute atomic E-state index is 0.122. The fraction of sp³-hybridized carbons (Fsp3) is 0.500. The first-order valence-electron chi connectivity index (χ1n) is 6.65. The van der Waals surface area contributed by atoms with Gasteiger partial charge in [-0.05, 0) is 25.0 Å². The molecule has 1 heterocycles. The molecule has 0 bridgehead atoms. The molecule has 1 aliphatic carbocycles. The molecule has 6 heteroatoms. The van der Waals surface area contributed by atoms with E-state index in [1.807, 2.05) is 0 Å². The van der Waals surface area contributed by atoms with Gasteiger partial charge in [-0.3, -0.25) is 9.59 Å². The second kappa shape index (κ2) is 6.24. The maximum Gasteiger partial charge on any atom is 0.240 e. The Kier molecular flexibility index (Phi) is 4.41. The Morgan fingerprint density at radius 2 is 2.10 bits per heavy atom. The van der Waals surface area contributed by atoms with E-state index in [0.717, 1.165) is 12.8 Å². The number of carbonyl (C=O) groups is 2. The average Bonchev–Trinajstić information content (AvgIpc) is 3.13. The highest BCUT2D eigenvalue weighted by molar-refractivity contribution is 5.89. The lowest BCUT2D eigenvalue weighted by molar-refractivity contribution is -0.130. The van der Waals surface area contributed by atoms with E-state index in [1.54, 1.807) is 12.1 Å². The van der Waals surface area contributed by atoms with Crippen LogP contribution in [0.3, 0.4) is 0 Å². The molecule has 20 heavy (non-hydrogen) atoms. The molecule has 0 aromatic carbocycles. The fourth-order valence-corrected chi connectivity index (χ4v) is 2.36. The normalized spacial score (nSPS) is 16.4. The third-order valence-electron chi connectivity index (χ3n) is 3.56. The van der Waals surface area contributed by atoms with E-state index in [2.05, 4.69) is 16.7 Å². The number of nitrogens with zero attached hydrogens (tertiary/aromatic N) is 1. The van der Waals surface area contributed by atoms with Gasteiger partial charge in [0.05, 0.1) is 25.4 Å². The van der Waals surface area contributed by atoms with Crippen molar-refractivity contribution in [3.63, 3.8) is 0 Å². The first kappa shape index (κ1) is 14.1. The minimum Gasteiger partial charge on any atom is -0.467 e. The molecule has 0 atom stereocenters. The van der Waals surface area contributed by atoms with Gasteiger partial charge in [-0.25, -0.2) is 0 Å². The van der Waals surface area contributed by atoms with Gasteiger partial charge in [-0.1, -0.05) is 12.8 Å². The van der Waals surface area contributed by atoms with Crippen LogP contribution in [0.2, 0.25) is 0 Å². The smallest absolute Gasteiger partial charge is 0.240 e. The Hall–Kier alpha value is -2.29. The Morgan fingerprint density at radius 3 is 2.70 bits per heavy atom. The summed E-state index contributed by atoms with van der Waals surface area (Å²) in [5.41, 5.74) is -0.943. The second-order valence-corrected chi connectivity index (χ2v) is 4.94. The second-order valence-electron chi connectivity index (χ2n) is 4.94. The van der Waals surface area contributed by atoms with E-state index in [1.165, 1.54) is 6.26 Å². The summed E-state index contributed by atoms with van der Waals surface area (Å²) >= 11 is 0. The molecule has 1 saturated carbocycles. The number of amides is 2. The van der Waals surface area contributed by atoms with E-state index >= 15 is 0 Å². The molecular formula is C14H17N3O3. The molecular weight excluding hydrogens is 258 g/mol. The van der Waals surface area contributed by atoms with Crippen molar-refractivity contribution in [2.75, 3.05) is 6.54 Å². The summed E-state index contributed by atoms with van der Waals surface area (Å²) in [5.74, 6) is 0.000417. The largest absolute Gasteiger partial charge is 0.467 e. The van der Waals surface area contributed by atoms with Crippen molar-refractivity contribution in [1.82, 2.24) is 10.6 Å². The van der Waals surface area contributed by atoms with Crippen LogP contribution in [0.4, 0.5) is 0 Å². The van der Waals surface area contributed by atoms with Crippen LogP contribution in [0.15, 0.2) is 22.8 Å². The summed E-state index contributed by atoms with van der Waals surface area (Å²) in [5, 5.41) is 14.3. The van der Waals surface area contributed by atoms with Crippen LogP contribution in [-0.2, 0) is 16.1 Å². The standard InChI is InChI=1S/C14H17N3O3/c15-10-14(5-1-2-6-14)13(19)17-9-12(18)16-8-11-4-3-7-20-11/h3-4,7H,1-2,5-6,8-9H2,(H,16,18)(H,17,19). The molecule has 1 aliphatic rings. The summed E-state index contributed by atoms with van der Waals surface area (Å²) in [7, 11) is 0. The van der Waals surface area contributed by atoms with E-state index in [0.29, 0.717) is 18.6 Å². The zero-order valence-corrected chi connectivity index (χ0v) is 11.1. The van der Waals surface area contributed by atoms with Crippen molar-refractivity contribution in [1.29, 1.82) is 5.26 Å². The highest BCUT2D eigenvalue weighted by atomic mass is 16.3. The monoisotopic (exact) mass is 275 g/mol. The van der Waals surface area contributed by atoms with Crippen molar-refractivity contribution < 1.29 is 14.0 Å². The van der Waals surface area contributed by atoms with Gasteiger partial charge in [0.1, 0.15) is 11.2 Å². The zero-order valence-electron chi connectivity index (χ0n) is 11.1. The van der Waals surface area contributed by atoms with Gasteiger partial charge in [-0.2, -0.15) is 5.26 Å². The lowest BCUT2D eigenvalue weighted by Gasteiger charge is -2.18. The highest BCUT2D eigenvalue weighted by Crippen LogP contribution is 2.37. The van der Waals surface area contributed by atoms with E-state index < -0.39 is 5.41 Å². The number of carbonyl (C=O) groups excluding carboxylic acids is 2. The van der Waals surface area contributed by atoms with Gasteiger partial charge >= 0.3 is 0 Å². The van der Waals surface area contributed by atoms with Crippen LogP contribution in [0, 0.1) is 16.7 Å². The summed E-state index contributed by atoms with van der Waals surface area (Å²) in [6.45, 7) is 0.161. The van der Waals surface area contributed by atoms with E-state index in [9.17, 15) is 9.59 Å². The van der Waals surface area contributed by atoms with Crippen LogP contribution >= 0.6 is 0 Å². The number of nitrogens with one attached hydrogen (secondary N) is 2. The molecule has 0 spiro atoms. The molecule has 0 unspecified atom stereocenters. The molecule has 1 aromatic rings. The number of nitriles is 1. The minimum atomic E-state index is -0.943. The van der Waals surface area contributed by atoms with Crippen LogP contribution in [-0.4, -0.2) is 18.4 Å². The molecule has 6 nitrogen and oxygen atoms in total. The molecule has 1 aromatic heterocycles. The lowest BCUT2D eigenvalue weighted by atomic mass is 9.87. The average molecular weight is 275 g/mol. The maximum absolute atomic E-state index is 12.0. The van der Waals surface area contributed by atoms with Gasteiger partial charge < -0.3 is 15.1 Å². The Balaban J connectivity index is 1.75. The topological polar surface area (TPSA) is 95.1 Å². The summed E-state index contributed by atoms with van der Waals surface area (Å²) in [6.07, 6.45) is 4.43. The molecule has 0 radical (unpaired) electrons. The Bertz CT molecular complexity index is 510. The van der Waals surface area contributed by atoms with E-state index in [-0.39, 0.29) is 24.9 Å². The van der Waals surface area contributed by atoms with Gasteiger partial charge in [0.15, 0.2) is 0 Å². The van der Waals surface area contributed by atoms with Crippen molar-refractivity contribution in [2.45, 2.75) is 32.2 Å². The molecule has 2 amide bonds. The predicted octanol–water partition coefficient (Wildman–Crippen LogP) is 1.10. The van der Waals surface area contributed by atoms with Gasteiger partial charge in [-0.15, -0.1) is 0 Å². The summed E-state index contributed by atoms with van der Waals surface area (Å²) < 4.78 is 5.08. The van der Waals surface area contributed by atoms with Gasteiger partial charge in [0.2, 0.25) is 11.8 Å². The number of hydrogen-bond acceptors (Lipinski definition) is 4. The molecule has 1 fully saturated rings. The molecule has 0 aliphatic heterocycles.